The zero-order chi connectivity index (χ0) is 22.5. The lowest BCUT2D eigenvalue weighted by Crippen LogP contribution is -2.27. The predicted octanol–water partition coefficient (Wildman–Crippen LogP) is 3.19. The molecule has 3 aromatic rings. The maximum Gasteiger partial charge on any atom is 0.252 e. The number of carbonyl (C=O) groups excluding carboxylic acids is 1. The van der Waals surface area contributed by atoms with Crippen LogP contribution < -0.4 is 10.9 Å². The standard InChI is InChI=1S/C23H23ClN4O3/c1-14(21(30)4-3-9-29)27-19-12-22(31)28(2)20-6-5-15(11-17(19)20)10-16-7-8-26-23(24)18(16)13-25/h5-8,11-12,14,27,29H,3-4,9-10H2,1-2H3/t14-/m1/s1. The van der Waals surface area contributed by atoms with Gasteiger partial charge in [-0.2, -0.15) is 5.26 Å². The van der Waals surface area contributed by atoms with Crippen LogP contribution in [0, 0.1) is 11.3 Å². The Bertz CT molecular complexity index is 1230. The van der Waals surface area contributed by atoms with Crippen LogP contribution in [0.5, 0.6) is 0 Å². The number of aliphatic hydroxyl groups is 1. The van der Waals surface area contributed by atoms with Crippen LogP contribution in [0.15, 0.2) is 41.3 Å². The van der Waals surface area contributed by atoms with Crippen molar-refractivity contribution in [2.45, 2.75) is 32.2 Å². The molecule has 3 rings (SSSR count). The number of aromatic nitrogens is 2. The molecule has 0 amide bonds. The molecule has 7 nitrogen and oxygen atoms in total. The predicted molar refractivity (Wildman–Crippen MR) is 120 cm³/mol. The van der Waals surface area contributed by atoms with E-state index in [-0.39, 0.29) is 29.5 Å². The van der Waals surface area contributed by atoms with Crippen LogP contribution >= 0.6 is 11.6 Å². The molecule has 1 atom stereocenters. The molecule has 0 spiro atoms. The van der Waals surface area contributed by atoms with Crippen molar-refractivity contribution in [1.29, 1.82) is 5.26 Å². The monoisotopic (exact) mass is 438 g/mol. The third kappa shape index (κ3) is 4.93. The number of hydrogen-bond acceptors (Lipinski definition) is 6. The summed E-state index contributed by atoms with van der Waals surface area (Å²) in [6.45, 7) is 1.70. The van der Waals surface area contributed by atoms with Crippen LogP contribution in [0.3, 0.4) is 0 Å². The normalized spacial score (nSPS) is 11.8. The minimum Gasteiger partial charge on any atom is -0.396 e. The maximum atomic E-state index is 12.4. The van der Waals surface area contributed by atoms with E-state index < -0.39 is 6.04 Å². The number of aryl methyl sites for hydroxylation is 1. The molecule has 2 aromatic heterocycles. The van der Waals surface area contributed by atoms with Gasteiger partial charge in [-0.25, -0.2) is 4.98 Å². The number of fused-ring (bicyclic) bond motifs is 1. The van der Waals surface area contributed by atoms with Gasteiger partial charge in [0.25, 0.3) is 5.56 Å². The smallest absolute Gasteiger partial charge is 0.252 e. The van der Waals surface area contributed by atoms with E-state index in [2.05, 4.69) is 16.4 Å². The van der Waals surface area contributed by atoms with Crippen LogP contribution in [-0.4, -0.2) is 33.1 Å². The Morgan fingerprint density at radius 2 is 2.13 bits per heavy atom. The number of halogens is 1. The molecule has 2 heterocycles. The second-order valence-corrected chi connectivity index (χ2v) is 7.75. The molecule has 31 heavy (non-hydrogen) atoms. The van der Waals surface area contributed by atoms with Crippen molar-refractivity contribution in [2.24, 2.45) is 7.05 Å². The number of anilines is 1. The molecule has 0 aliphatic rings. The van der Waals surface area contributed by atoms with Crippen LogP contribution in [0.2, 0.25) is 5.15 Å². The third-order valence-corrected chi connectivity index (χ3v) is 5.53. The van der Waals surface area contributed by atoms with Crippen LogP contribution in [0.25, 0.3) is 10.9 Å². The first-order valence-corrected chi connectivity index (χ1v) is 10.3. The molecule has 2 N–H and O–H groups in total. The van der Waals surface area contributed by atoms with E-state index in [9.17, 15) is 14.9 Å². The van der Waals surface area contributed by atoms with Crippen LogP contribution in [0.1, 0.15) is 36.5 Å². The molecule has 0 saturated heterocycles. The zero-order valence-corrected chi connectivity index (χ0v) is 18.1. The summed E-state index contributed by atoms with van der Waals surface area (Å²) in [6, 6.07) is 10.5. The number of nitriles is 1. The van der Waals surface area contributed by atoms with Crippen molar-refractivity contribution in [2.75, 3.05) is 11.9 Å². The van der Waals surface area contributed by atoms with E-state index in [1.165, 1.54) is 6.07 Å². The molecule has 0 bridgehead atoms. The molecule has 160 valence electrons. The first-order valence-electron chi connectivity index (χ1n) is 9.92. The highest BCUT2D eigenvalue weighted by Gasteiger charge is 2.16. The Hall–Kier alpha value is -3.21. The number of nitrogens with zero attached hydrogens (tertiary/aromatic N) is 3. The number of ketones is 1. The number of pyridine rings is 2. The molecule has 8 heteroatoms. The van der Waals surface area contributed by atoms with Gasteiger partial charge in [-0.3, -0.25) is 9.59 Å². The summed E-state index contributed by atoms with van der Waals surface area (Å²) >= 11 is 6.05. The van der Waals surface area contributed by atoms with Crippen molar-refractivity contribution in [3.8, 4) is 6.07 Å². The Kier molecular flexibility index (Phi) is 7.06. The Balaban J connectivity index is 2.01. The second-order valence-electron chi connectivity index (χ2n) is 7.39. The van der Waals surface area contributed by atoms with E-state index in [0.29, 0.717) is 24.1 Å². The minimum atomic E-state index is -0.505. The summed E-state index contributed by atoms with van der Waals surface area (Å²) in [5.74, 6) is -0.0379. The summed E-state index contributed by atoms with van der Waals surface area (Å²) in [4.78, 5) is 28.7. The number of benzene rings is 1. The molecule has 1 aromatic carbocycles. The number of nitrogens with one attached hydrogen (secondary N) is 1. The fourth-order valence-electron chi connectivity index (χ4n) is 3.48. The van der Waals surface area contributed by atoms with E-state index in [1.54, 1.807) is 30.8 Å². The first kappa shape index (κ1) is 22.5. The van der Waals surface area contributed by atoms with Gasteiger partial charge >= 0.3 is 0 Å². The Labute approximate surface area is 184 Å². The molecule has 0 aliphatic carbocycles. The van der Waals surface area contributed by atoms with Gasteiger partial charge in [0, 0.05) is 43.4 Å². The molecule has 0 radical (unpaired) electrons. The summed E-state index contributed by atoms with van der Waals surface area (Å²) in [6.07, 6.45) is 2.70. The van der Waals surface area contributed by atoms with Gasteiger partial charge in [0.15, 0.2) is 5.78 Å². The number of aliphatic hydroxyl groups excluding tert-OH is 1. The highest BCUT2D eigenvalue weighted by molar-refractivity contribution is 6.30. The lowest BCUT2D eigenvalue weighted by molar-refractivity contribution is -0.119. The number of carbonyl (C=O) groups is 1. The van der Waals surface area contributed by atoms with Gasteiger partial charge in [0.2, 0.25) is 0 Å². The molecule has 0 unspecified atom stereocenters. The fourth-order valence-corrected chi connectivity index (χ4v) is 3.70. The van der Waals surface area contributed by atoms with Crippen molar-refractivity contribution in [3.05, 3.63) is 68.7 Å². The lowest BCUT2D eigenvalue weighted by atomic mass is 10.00. The van der Waals surface area contributed by atoms with Gasteiger partial charge in [-0.1, -0.05) is 17.7 Å². The van der Waals surface area contributed by atoms with E-state index >= 15 is 0 Å². The summed E-state index contributed by atoms with van der Waals surface area (Å²) < 4.78 is 1.55. The highest BCUT2D eigenvalue weighted by Crippen LogP contribution is 2.26. The Morgan fingerprint density at radius 1 is 1.35 bits per heavy atom. The SMILES string of the molecule is C[C@@H](Nc1cc(=O)n(C)c2ccc(Cc3ccnc(Cl)c3C#N)cc12)C(=O)CCCO. The van der Waals surface area contributed by atoms with E-state index in [4.69, 9.17) is 16.7 Å². The number of hydrogen-bond donors (Lipinski definition) is 2. The van der Waals surface area contributed by atoms with Crippen LogP contribution in [-0.2, 0) is 18.3 Å². The van der Waals surface area contributed by atoms with Gasteiger partial charge < -0.3 is 15.0 Å². The van der Waals surface area contributed by atoms with Crippen molar-refractivity contribution < 1.29 is 9.90 Å². The van der Waals surface area contributed by atoms with Gasteiger partial charge in [0.1, 0.15) is 11.2 Å². The average Bonchev–Trinajstić information content (AvgIpc) is 2.75. The number of Topliss-reactive ketones (excluding diaryl/α,β-unsaturated/α-hetero) is 1. The molecular formula is C23H23ClN4O3. The molecule has 0 aliphatic heterocycles. The van der Waals surface area contributed by atoms with Gasteiger partial charge in [0.05, 0.1) is 17.1 Å². The summed E-state index contributed by atoms with van der Waals surface area (Å²) in [5, 5.41) is 22.5. The highest BCUT2D eigenvalue weighted by atomic mass is 35.5. The molecular weight excluding hydrogens is 416 g/mol. The Morgan fingerprint density at radius 3 is 2.84 bits per heavy atom. The van der Waals surface area contributed by atoms with Crippen molar-refractivity contribution in [1.82, 2.24) is 9.55 Å². The maximum absolute atomic E-state index is 12.4. The second kappa shape index (κ2) is 9.73. The third-order valence-electron chi connectivity index (χ3n) is 5.24. The molecule has 0 saturated carbocycles. The van der Waals surface area contributed by atoms with Gasteiger partial charge in [-0.15, -0.1) is 0 Å². The average molecular weight is 439 g/mol. The lowest BCUT2D eigenvalue weighted by Gasteiger charge is -2.18. The molecule has 0 fully saturated rings. The number of rotatable bonds is 8. The minimum absolute atomic E-state index is 0.0379. The van der Waals surface area contributed by atoms with Crippen molar-refractivity contribution >= 4 is 34.0 Å². The largest absolute Gasteiger partial charge is 0.396 e. The first-order chi connectivity index (χ1) is 14.8. The van der Waals surface area contributed by atoms with Crippen LogP contribution in [0.4, 0.5) is 5.69 Å². The topological polar surface area (TPSA) is 108 Å². The van der Waals surface area contributed by atoms with Crippen molar-refractivity contribution in [3.63, 3.8) is 0 Å². The van der Waals surface area contributed by atoms with Gasteiger partial charge in [-0.05, 0) is 49.1 Å². The van der Waals surface area contributed by atoms with E-state index in [0.717, 1.165) is 22.0 Å². The summed E-state index contributed by atoms with van der Waals surface area (Å²) in [5.41, 5.74) is 3.12. The zero-order valence-electron chi connectivity index (χ0n) is 17.4. The fraction of sp³-hybridized carbons (Fsp3) is 0.304. The van der Waals surface area contributed by atoms with E-state index in [1.807, 2.05) is 18.2 Å². The quantitative estimate of drug-likeness (QED) is 0.523. The summed E-state index contributed by atoms with van der Waals surface area (Å²) in [7, 11) is 1.69.